The highest BCUT2D eigenvalue weighted by Crippen LogP contribution is 2.45. The van der Waals surface area contributed by atoms with Crippen molar-refractivity contribution >= 4 is 39.5 Å². The van der Waals surface area contributed by atoms with Gasteiger partial charge in [0, 0.05) is 25.7 Å². The van der Waals surface area contributed by atoms with Crippen LogP contribution in [-0.4, -0.2) is 96.7 Å². The van der Waals surface area contributed by atoms with Crippen molar-refractivity contribution in [2.45, 2.75) is 381 Å². The Labute approximate surface area is 556 Å². The van der Waals surface area contributed by atoms with E-state index in [1.165, 1.54) is 167 Å². The van der Waals surface area contributed by atoms with E-state index in [1.54, 1.807) is 0 Å². The summed E-state index contributed by atoms with van der Waals surface area (Å²) < 4.78 is 68.3. The molecule has 0 aromatic carbocycles. The second-order valence-corrected chi connectivity index (χ2v) is 30.1. The van der Waals surface area contributed by atoms with E-state index in [0.717, 1.165) is 108 Å². The molecular formula is C72H140O17P2. The van der Waals surface area contributed by atoms with Crippen molar-refractivity contribution in [3.8, 4) is 0 Å². The lowest BCUT2D eigenvalue weighted by Gasteiger charge is -2.21. The number of hydrogen-bond acceptors (Lipinski definition) is 15. The third kappa shape index (κ3) is 65.1. The van der Waals surface area contributed by atoms with Crippen LogP contribution in [-0.2, 0) is 65.4 Å². The largest absolute Gasteiger partial charge is 0.472 e. The Bertz CT molecular complexity index is 1790. The van der Waals surface area contributed by atoms with Crippen LogP contribution in [0.2, 0.25) is 0 Å². The van der Waals surface area contributed by atoms with Gasteiger partial charge in [0.05, 0.1) is 26.4 Å². The number of esters is 4. The normalized spacial score (nSPS) is 14.5. The molecule has 0 saturated heterocycles. The van der Waals surface area contributed by atoms with Gasteiger partial charge in [0.15, 0.2) is 12.2 Å². The molecule has 91 heavy (non-hydrogen) atoms. The average molecular weight is 1340 g/mol. The lowest BCUT2D eigenvalue weighted by Crippen LogP contribution is -2.30. The van der Waals surface area contributed by atoms with Crippen LogP contribution >= 0.6 is 15.6 Å². The second kappa shape index (κ2) is 62.8. The highest BCUT2D eigenvalue weighted by molar-refractivity contribution is 7.47. The van der Waals surface area contributed by atoms with Gasteiger partial charge in [-0.25, -0.2) is 9.13 Å². The summed E-state index contributed by atoms with van der Waals surface area (Å²) in [4.78, 5) is 72.6. The molecule has 0 fully saturated rings. The molecule has 0 heterocycles. The molecular weight excluding hydrogens is 1200 g/mol. The van der Waals surface area contributed by atoms with Crippen molar-refractivity contribution in [2.75, 3.05) is 39.6 Å². The van der Waals surface area contributed by atoms with Crippen molar-refractivity contribution in [2.24, 2.45) is 17.8 Å². The number of hydrogen-bond donors (Lipinski definition) is 3. The number of aliphatic hydroxyl groups excluding tert-OH is 1. The zero-order chi connectivity index (χ0) is 67.3. The van der Waals surface area contributed by atoms with E-state index in [9.17, 15) is 43.2 Å². The summed E-state index contributed by atoms with van der Waals surface area (Å²) in [7, 11) is -9.90. The highest BCUT2D eigenvalue weighted by atomic mass is 31.2. The van der Waals surface area contributed by atoms with Gasteiger partial charge in [-0.1, -0.05) is 312 Å². The van der Waals surface area contributed by atoms with Gasteiger partial charge in [-0.05, 0) is 43.4 Å². The van der Waals surface area contributed by atoms with Crippen molar-refractivity contribution < 1.29 is 80.2 Å². The fraction of sp³-hybridized carbons (Fsp3) is 0.944. The van der Waals surface area contributed by atoms with Gasteiger partial charge < -0.3 is 33.8 Å². The van der Waals surface area contributed by atoms with Crippen LogP contribution in [0, 0.1) is 17.8 Å². The predicted octanol–water partition coefficient (Wildman–Crippen LogP) is 20.6. The van der Waals surface area contributed by atoms with E-state index >= 15 is 0 Å². The van der Waals surface area contributed by atoms with Gasteiger partial charge in [0.2, 0.25) is 0 Å². The molecule has 0 bridgehead atoms. The molecule has 0 saturated carbocycles. The Morgan fingerprint density at radius 1 is 0.319 bits per heavy atom. The molecule has 540 valence electrons. The molecule has 6 atom stereocenters. The second-order valence-electron chi connectivity index (χ2n) is 27.2. The van der Waals surface area contributed by atoms with Gasteiger partial charge in [-0.2, -0.15) is 0 Å². The molecule has 0 radical (unpaired) electrons. The summed E-state index contributed by atoms with van der Waals surface area (Å²) >= 11 is 0. The summed E-state index contributed by atoms with van der Waals surface area (Å²) in [6.45, 7) is 11.8. The van der Waals surface area contributed by atoms with Gasteiger partial charge >= 0.3 is 39.5 Å². The topological polar surface area (TPSA) is 237 Å². The number of phosphoric acid groups is 2. The summed E-state index contributed by atoms with van der Waals surface area (Å²) in [5.41, 5.74) is 0. The van der Waals surface area contributed by atoms with E-state index in [-0.39, 0.29) is 25.7 Å². The lowest BCUT2D eigenvalue weighted by atomic mass is 9.99. The smallest absolute Gasteiger partial charge is 0.462 e. The molecule has 0 aliphatic carbocycles. The predicted molar refractivity (Wildman–Crippen MR) is 368 cm³/mol. The van der Waals surface area contributed by atoms with Gasteiger partial charge in [-0.3, -0.25) is 37.3 Å². The Hall–Kier alpha value is -1.94. The first-order chi connectivity index (χ1) is 43.8. The number of phosphoric ester groups is 2. The third-order valence-electron chi connectivity index (χ3n) is 17.0. The Kier molecular flexibility index (Phi) is 61.5. The van der Waals surface area contributed by atoms with E-state index < -0.39 is 97.5 Å². The first-order valence-electron chi connectivity index (χ1n) is 37.4. The number of ether oxygens (including phenoxy) is 4. The highest BCUT2D eigenvalue weighted by Gasteiger charge is 2.30. The molecule has 0 rings (SSSR count). The number of carbonyl (C=O) groups is 4. The van der Waals surface area contributed by atoms with E-state index in [4.69, 9.17) is 37.0 Å². The maximum Gasteiger partial charge on any atom is 0.472 e. The first kappa shape index (κ1) is 89.1. The van der Waals surface area contributed by atoms with Crippen molar-refractivity contribution in [3.05, 3.63) is 0 Å². The number of rotatable bonds is 70. The maximum atomic E-state index is 13.0. The van der Waals surface area contributed by atoms with Crippen LogP contribution in [0.15, 0.2) is 0 Å². The number of carbonyl (C=O) groups excluding carboxylic acids is 4. The molecule has 3 unspecified atom stereocenters. The molecule has 0 amide bonds. The van der Waals surface area contributed by atoms with Crippen molar-refractivity contribution in [1.29, 1.82) is 0 Å². The Morgan fingerprint density at radius 3 is 0.835 bits per heavy atom. The average Bonchev–Trinajstić information content (AvgIpc) is 3.72. The minimum atomic E-state index is -4.95. The van der Waals surface area contributed by atoms with Gasteiger partial charge in [0.25, 0.3) is 0 Å². The molecule has 0 spiro atoms. The first-order valence-corrected chi connectivity index (χ1v) is 40.4. The quantitative estimate of drug-likeness (QED) is 0.0222. The molecule has 0 aromatic rings. The zero-order valence-corrected chi connectivity index (χ0v) is 61.1. The van der Waals surface area contributed by atoms with E-state index in [2.05, 4.69) is 48.5 Å². The molecule has 0 aliphatic heterocycles. The summed E-state index contributed by atoms with van der Waals surface area (Å²) in [5.74, 6) is 0.110. The summed E-state index contributed by atoms with van der Waals surface area (Å²) in [5, 5.41) is 10.6. The van der Waals surface area contributed by atoms with Gasteiger partial charge in [-0.15, -0.1) is 0 Å². The minimum Gasteiger partial charge on any atom is -0.462 e. The van der Waals surface area contributed by atoms with Crippen molar-refractivity contribution in [1.82, 2.24) is 0 Å². The zero-order valence-electron chi connectivity index (χ0n) is 59.3. The fourth-order valence-electron chi connectivity index (χ4n) is 10.9. The number of unbranched alkanes of at least 4 members (excludes halogenated alkanes) is 37. The van der Waals surface area contributed by atoms with Crippen LogP contribution in [0.5, 0.6) is 0 Å². The van der Waals surface area contributed by atoms with Crippen LogP contribution in [0.1, 0.15) is 363 Å². The van der Waals surface area contributed by atoms with Crippen LogP contribution in [0.3, 0.4) is 0 Å². The molecule has 0 aromatic heterocycles. The maximum absolute atomic E-state index is 13.0. The van der Waals surface area contributed by atoms with Crippen LogP contribution in [0.4, 0.5) is 0 Å². The fourth-order valence-corrected chi connectivity index (χ4v) is 12.4. The Morgan fingerprint density at radius 2 is 0.560 bits per heavy atom. The molecule has 19 heteroatoms. The van der Waals surface area contributed by atoms with E-state index in [1.807, 2.05) is 0 Å². The van der Waals surface area contributed by atoms with Crippen LogP contribution in [0.25, 0.3) is 0 Å². The molecule has 17 nitrogen and oxygen atoms in total. The van der Waals surface area contributed by atoms with E-state index in [0.29, 0.717) is 31.6 Å². The van der Waals surface area contributed by atoms with Crippen molar-refractivity contribution in [3.63, 3.8) is 0 Å². The third-order valence-corrected chi connectivity index (χ3v) is 18.9. The summed E-state index contributed by atoms with van der Waals surface area (Å²) in [6, 6.07) is 0. The standard InChI is InChI=1S/C72H140O17P2/c1-8-10-11-12-13-14-15-16-19-22-25-31-39-46-53-69(74)82-59-67(88-71(76)55-48-41-32-26-23-20-17-18-21-24-29-36-43-50-63(3)4)61-86-90(78,79)84-57-66(73)58-85-91(80,81)87-62-68(60-83-70(75)54-47-40-35-34-37-44-51-64(5)6)89-72(77)56-49-42-33-28-27-30-38-45-52-65(7)9-2/h63-68,73H,8-62H2,1-7H3,(H,78,79)(H,80,81)/t65?,66-,67-,68-/m1/s1. The SMILES string of the molecule is CCCCCCCCCCCCCCCCC(=O)OC[C@H](COP(=O)(O)OC[C@@H](O)COP(=O)(O)OC[C@@H](COC(=O)CCCCCCCCC(C)C)OC(=O)CCCCCCCCCCC(C)CC)OC(=O)CCCCCCCCCCCCCCCC(C)C. The summed E-state index contributed by atoms with van der Waals surface area (Å²) in [6.07, 6.45) is 47.2. The monoisotopic (exact) mass is 1340 g/mol. The Balaban J connectivity index is 5.25. The molecule has 0 aliphatic rings. The van der Waals surface area contributed by atoms with Crippen LogP contribution < -0.4 is 0 Å². The number of aliphatic hydroxyl groups is 1. The van der Waals surface area contributed by atoms with Gasteiger partial charge in [0.1, 0.15) is 19.3 Å². The lowest BCUT2D eigenvalue weighted by molar-refractivity contribution is -0.161. The minimum absolute atomic E-state index is 0.104. The molecule has 3 N–H and O–H groups in total.